The number of carboxylic acid groups (broad SMARTS) is 1. The van der Waals surface area contributed by atoms with Crippen molar-refractivity contribution >= 4 is 17.8 Å². The lowest BCUT2D eigenvalue weighted by Gasteiger charge is -2.12. The Morgan fingerprint density at radius 3 is 2.50 bits per heavy atom. The second kappa shape index (κ2) is 7.81. The van der Waals surface area contributed by atoms with Crippen LogP contribution in [0.5, 0.6) is 11.5 Å². The average molecular weight is 365 g/mol. The molecule has 0 bridgehead atoms. The van der Waals surface area contributed by atoms with Gasteiger partial charge in [-0.05, 0) is 37.6 Å². The predicted octanol–water partition coefficient (Wildman–Crippen LogP) is 3.84. The Morgan fingerprint density at radius 1 is 1.27 bits per heavy atom. The van der Waals surface area contributed by atoms with Crippen LogP contribution in [0.4, 0.5) is 8.78 Å². The summed E-state index contributed by atoms with van der Waals surface area (Å²) in [7, 11) is 1.31. The highest BCUT2D eigenvalue weighted by Gasteiger charge is 2.20. The smallest absolute Gasteiger partial charge is 0.387 e. The molecular formula is C18H17F2NO5. The summed E-state index contributed by atoms with van der Waals surface area (Å²) in [4.78, 5) is 26.3. The number of alkyl halides is 2. The van der Waals surface area contributed by atoms with E-state index in [0.717, 1.165) is 0 Å². The predicted molar refractivity (Wildman–Crippen MR) is 90.2 cm³/mol. The van der Waals surface area contributed by atoms with Crippen molar-refractivity contribution in [2.45, 2.75) is 20.5 Å². The Balaban J connectivity index is 2.39. The van der Waals surface area contributed by atoms with Crippen molar-refractivity contribution in [1.29, 1.82) is 0 Å². The second-order valence-corrected chi connectivity index (χ2v) is 5.38. The maximum Gasteiger partial charge on any atom is 0.387 e. The summed E-state index contributed by atoms with van der Waals surface area (Å²) < 4.78 is 34.8. The van der Waals surface area contributed by atoms with Gasteiger partial charge in [-0.25, -0.2) is 4.79 Å². The number of hydrogen-bond acceptors (Lipinski definition) is 4. The summed E-state index contributed by atoms with van der Waals surface area (Å²) >= 11 is 0. The highest BCUT2D eigenvalue weighted by atomic mass is 19.3. The highest BCUT2D eigenvalue weighted by Crippen LogP contribution is 2.33. The number of methoxy groups -OCH3 is 1. The monoisotopic (exact) mass is 365 g/mol. The third kappa shape index (κ3) is 3.90. The summed E-state index contributed by atoms with van der Waals surface area (Å²) in [6.45, 7) is 0.0453. The number of aromatic carboxylic acids is 1. The van der Waals surface area contributed by atoms with Crippen molar-refractivity contribution in [2.75, 3.05) is 7.11 Å². The first-order chi connectivity index (χ1) is 12.3. The number of aryl methyl sites for hydroxylation is 1. The fourth-order valence-corrected chi connectivity index (χ4v) is 2.62. The molecule has 2 aromatic rings. The number of carboxylic acids is 1. The number of hydrogen-bond donors (Lipinski definition) is 2. The van der Waals surface area contributed by atoms with Gasteiger partial charge >= 0.3 is 12.6 Å². The van der Waals surface area contributed by atoms with E-state index in [4.69, 9.17) is 9.84 Å². The molecule has 2 rings (SSSR count). The van der Waals surface area contributed by atoms with Crippen LogP contribution in [0, 0.1) is 13.8 Å². The molecule has 1 heterocycles. The number of ketones is 1. The Labute approximate surface area is 148 Å². The van der Waals surface area contributed by atoms with Crippen LogP contribution in [-0.2, 0) is 0 Å². The number of para-hydroxylation sites is 1. The molecule has 0 saturated heterocycles. The Bertz CT molecular complexity index is 871. The molecule has 0 spiro atoms. The molecule has 0 unspecified atom stereocenters. The zero-order valence-corrected chi connectivity index (χ0v) is 14.3. The second-order valence-electron chi connectivity index (χ2n) is 5.38. The van der Waals surface area contributed by atoms with E-state index in [1.54, 1.807) is 13.0 Å². The molecule has 0 atom stereocenters. The molecule has 1 aromatic carbocycles. The van der Waals surface area contributed by atoms with Crippen LogP contribution >= 0.6 is 0 Å². The molecule has 0 saturated carbocycles. The first-order valence-electron chi connectivity index (χ1n) is 7.53. The number of benzene rings is 1. The van der Waals surface area contributed by atoms with E-state index in [9.17, 15) is 18.4 Å². The van der Waals surface area contributed by atoms with E-state index in [1.165, 1.54) is 38.3 Å². The molecule has 8 heteroatoms. The quantitative estimate of drug-likeness (QED) is 0.575. The fraction of sp³-hybridized carbons (Fsp3) is 0.222. The largest absolute Gasteiger partial charge is 0.493 e. The normalized spacial score (nSPS) is 11.2. The fourth-order valence-electron chi connectivity index (χ4n) is 2.62. The van der Waals surface area contributed by atoms with Gasteiger partial charge in [0.1, 0.15) is 5.69 Å². The van der Waals surface area contributed by atoms with Gasteiger partial charge in [0.15, 0.2) is 17.3 Å². The van der Waals surface area contributed by atoms with Crippen LogP contribution in [0.3, 0.4) is 0 Å². The molecule has 0 amide bonds. The third-order valence-corrected chi connectivity index (χ3v) is 3.75. The summed E-state index contributed by atoms with van der Waals surface area (Å²) in [5.41, 5.74) is 1.09. The van der Waals surface area contributed by atoms with Gasteiger partial charge in [-0.2, -0.15) is 8.78 Å². The number of aromatic nitrogens is 1. The van der Waals surface area contributed by atoms with Gasteiger partial charge < -0.3 is 19.6 Å². The minimum absolute atomic E-state index is 0.0673. The first-order valence-corrected chi connectivity index (χ1v) is 7.53. The number of nitrogens with one attached hydrogen (secondary N) is 1. The minimum atomic E-state index is -3.05. The van der Waals surface area contributed by atoms with Crippen LogP contribution in [0.15, 0.2) is 24.3 Å². The SMILES string of the molecule is COc1cccc(/C=C/C(=O)c2c(C)[nH]c(C(=O)O)c2C)c1OC(F)F. The summed E-state index contributed by atoms with van der Waals surface area (Å²) in [5, 5.41) is 9.11. The molecule has 1 aromatic heterocycles. The molecule has 0 fully saturated rings. The number of rotatable bonds is 7. The van der Waals surface area contributed by atoms with E-state index in [2.05, 4.69) is 9.72 Å². The molecule has 26 heavy (non-hydrogen) atoms. The Hall–Kier alpha value is -3.16. The van der Waals surface area contributed by atoms with Crippen LogP contribution in [0.2, 0.25) is 0 Å². The lowest BCUT2D eigenvalue weighted by molar-refractivity contribution is -0.0513. The average Bonchev–Trinajstić information content (AvgIpc) is 2.88. The number of allylic oxidation sites excluding steroid dienone is 1. The molecule has 138 valence electrons. The van der Waals surface area contributed by atoms with Crippen molar-refractivity contribution in [1.82, 2.24) is 4.98 Å². The number of ether oxygens (including phenoxy) is 2. The third-order valence-electron chi connectivity index (χ3n) is 3.75. The van der Waals surface area contributed by atoms with Crippen molar-refractivity contribution < 1.29 is 33.0 Å². The van der Waals surface area contributed by atoms with Gasteiger partial charge in [0.05, 0.1) is 7.11 Å². The van der Waals surface area contributed by atoms with Crippen molar-refractivity contribution in [3.05, 3.63) is 52.4 Å². The summed E-state index contributed by atoms with van der Waals surface area (Å²) in [6, 6.07) is 4.51. The molecule has 0 radical (unpaired) electrons. The summed E-state index contributed by atoms with van der Waals surface area (Å²) in [6.07, 6.45) is 2.48. The number of carbonyl (C=O) groups is 2. The lowest BCUT2D eigenvalue weighted by atomic mass is 10.0. The van der Waals surface area contributed by atoms with Gasteiger partial charge in [0.2, 0.25) is 0 Å². The lowest BCUT2D eigenvalue weighted by Crippen LogP contribution is -2.05. The highest BCUT2D eigenvalue weighted by molar-refractivity contribution is 6.10. The van der Waals surface area contributed by atoms with Gasteiger partial charge in [0.25, 0.3) is 0 Å². The van der Waals surface area contributed by atoms with Crippen LogP contribution < -0.4 is 9.47 Å². The van der Waals surface area contributed by atoms with Crippen LogP contribution in [0.1, 0.15) is 37.7 Å². The Morgan fingerprint density at radius 2 is 1.96 bits per heavy atom. The van der Waals surface area contributed by atoms with Crippen LogP contribution in [-0.4, -0.2) is 35.6 Å². The van der Waals surface area contributed by atoms with Gasteiger partial charge in [-0.1, -0.05) is 12.1 Å². The molecule has 0 aliphatic rings. The van der Waals surface area contributed by atoms with Crippen LogP contribution in [0.25, 0.3) is 6.08 Å². The molecule has 0 aliphatic carbocycles. The molecular weight excluding hydrogens is 348 g/mol. The summed E-state index contributed by atoms with van der Waals surface area (Å²) in [5.74, 6) is -1.73. The van der Waals surface area contributed by atoms with E-state index in [0.29, 0.717) is 11.3 Å². The van der Waals surface area contributed by atoms with Gasteiger partial charge in [-0.3, -0.25) is 4.79 Å². The number of aromatic amines is 1. The van der Waals surface area contributed by atoms with E-state index in [-0.39, 0.29) is 28.3 Å². The maximum atomic E-state index is 12.6. The molecule has 0 aliphatic heterocycles. The standard InChI is InChI=1S/C18H17F2NO5/c1-9-14(10(2)21-15(9)17(23)24)12(22)8-7-11-5-4-6-13(25-3)16(11)26-18(19)20/h4-8,18,21H,1-3H3,(H,23,24)/b8-7+. The zero-order chi connectivity index (χ0) is 19.4. The topological polar surface area (TPSA) is 88.6 Å². The van der Waals surface area contributed by atoms with Gasteiger partial charge in [0, 0.05) is 16.8 Å². The van der Waals surface area contributed by atoms with E-state index < -0.39 is 18.4 Å². The number of halogens is 2. The molecule has 2 N–H and O–H groups in total. The maximum absolute atomic E-state index is 12.6. The van der Waals surface area contributed by atoms with Crippen molar-refractivity contribution in [3.63, 3.8) is 0 Å². The minimum Gasteiger partial charge on any atom is -0.493 e. The van der Waals surface area contributed by atoms with Crippen molar-refractivity contribution in [2.24, 2.45) is 0 Å². The first kappa shape index (κ1) is 19.2. The number of carbonyl (C=O) groups excluding carboxylic acids is 1. The van der Waals surface area contributed by atoms with Gasteiger partial charge in [-0.15, -0.1) is 0 Å². The number of H-pyrrole nitrogens is 1. The zero-order valence-electron chi connectivity index (χ0n) is 14.3. The van der Waals surface area contributed by atoms with E-state index >= 15 is 0 Å². The van der Waals surface area contributed by atoms with Crippen molar-refractivity contribution in [3.8, 4) is 11.5 Å². The molecule has 6 nitrogen and oxygen atoms in total. The Kier molecular flexibility index (Phi) is 5.76. The van der Waals surface area contributed by atoms with E-state index in [1.807, 2.05) is 0 Å².